The van der Waals surface area contributed by atoms with Crippen molar-refractivity contribution in [1.29, 1.82) is 0 Å². The molecule has 2 aromatic carbocycles. The molecule has 0 bridgehead atoms. The van der Waals surface area contributed by atoms with Crippen molar-refractivity contribution in [3.05, 3.63) is 69.6 Å². The lowest BCUT2D eigenvalue weighted by atomic mass is 10.1. The van der Waals surface area contributed by atoms with E-state index in [1.54, 1.807) is 23.6 Å². The predicted octanol–water partition coefficient (Wildman–Crippen LogP) is 5.95. The molecule has 1 aromatic heterocycles. The number of aromatic nitrogens is 1. The molecule has 0 saturated carbocycles. The largest absolute Gasteiger partial charge is 0.490 e. The summed E-state index contributed by atoms with van der Waals surface area (Å²) in [5, 5.41) is 15.7. The second kappa shape index (κ2) is 11.8. The predicted molar refractivity (Wildman–Crippen MR) is 130 cm³/mol. The van der Waals surface area contributed by atoms with Crippen LogP contribution in [0, 0.1) is 10.1 Å². The Kier molecular flexibility index (Phi) is 8.54. The van der Waals surface area contributed by atoms with E-state index in [1.807, 2.05) is 25.1 Å². The normalized spacial score (nSPS) is 10.8. The van der Waals surface area contributed by atoms with Crippen molar-refractivity contribution < 1.29 is 19.2 Å². The topological polar surface area (TPSA) is 104 Å². The van der Waals surface area contributed by atoms with E-state index in [-0.39, 0.29) is 11.6 Å². The summed E-state index contributed by atoms with van der Waals surface area (Å²) in [6.45, 7) is 5.15. The minimum absolute atomic E-state index is 0.0145. The molecule has 3 aromatic rings. The van der Waals surface area contributed by atoms with Crippen molar-refractivity contribution in [3.63, 3.8) is 0 Å². The van der Waals surface area contributed by atoms with Gasteiger partial charge in [0, 0.05) is 29.2 Å². The zero-order valence-electron chi connectivity index (χ0n) is 18.4. The van der Waals surface area contributed by atoms with Gasteiger partial charge in [-0.15, -0.1) is 11.3 Å². The maximum absolute atomic E-state index is 12.3. The molecule has 1 heterocycles. The van der Waals surface area contributed by atoms with E-state index < -0.39 is 4.92 Å². The summed E-state index contributed by atoms with van der Waals surface area (Å²) < 4.78 is 11.4. The second-order valence-electron chi connectivity index (χ2n) is 7.01. The number of unbranched alkanes of at least 4 members (excludes halogenated alkanes) is 1. The fraction of sp³-hybridized carbons (Fsp3) is 0.250. The van der Waals surface area contributed by atoms with Crippen molar-refractivity contribution in [3.8, 4) is 22.8 Å². The molecule has 9 heteroatoms. The van der Waals surface area contributed by atoms with Crippen LogP contribution in [0.4, 0.5) is 10.8 Å². The molecular weight excluding hydrogens is 442 g/mol. The smallest absolute Gasteiger partial charge is 0.269 e. The highest BCUT2D eigenvalue weighted by Gasteiger charge is 2.10. The van der Waals surface area contributed by atoms with Gasteiger partial charge >= 0.3 is 0 Å². The highest BCUT2D eigenvalue weighted by Crippen LogP contribution is 2.30. The Morgan fingerprint density at radius 1 is 1.15 bits per heavy atom. The number of nitrogens with one attached hydrogen (secondary N) is 1. The molecule has 1 amide bonds. The molecule has 0 aliphatic rings. The van der Waals surface area contributed by atoms with Gasteiger partial charge in [-0.3, -0.25) is 20.2 Å². The molecular formula is C24H25N3O5S. The third-order valence-electron chi connectivity index (χ3n) is 4.56. The Morgan fingerprint density at radius 2 is 1.94 bits per heavy atom. The quantitative estimate of drug-likeness (QED) is 0.162. The summed E-state index contributed by atoms with van der Waals surface area (Å²) in [6.07, 6.45) is 5.14. The van der Waals surface area contributed by atoms with Gasteiger partial charge in [-0.1, -0.05) is 19.4 Å². The van der Waals surface area contributed by atoms with Crippen molar-refractivity contribution in [2.24, 2.45) is 0 Å². The number of carbonyl (C=O) groups is 1. The first-order valence-corrected chi connectivity index (χ1v) is 11.5. The van der Waals surface area contributed by atoms with E-state index in [1.165, 1.54) is 29.5 Å². The van der Waals surface area contributed by atoms with E-state index in [0.29, 0.717) is 35.5 Å². The number of nitro groups is 1. The number of anilines is 1. The summed E-state index contributed by atoms with van der Waals surface area (Å²) in [5.41, 5.74) is 2.19. The first-order valence-electron chi connectivity index (χ1n) is 10.6. The average Bonchev–Trinajstić information content (AvgIpc) is 3.27. The number of thiazole rings is 1. The highest BCUT2D eigenvalue weighted by atomic mass is 32.1. The van der Waals surface area contributed by atoms with Crippen LogP contribution in [0.15, 0.2) is 53.9 Å². The summed E-state index contributed by atoms with van der Waals surface area (Å²) >= 11 is 1.28. The summed E-state index contributed by atoms with van der Waals surface area (Å²) in [6, 6.07) is 11.6. The number of hydrogen-bond donors (Lipinski definition) is 1. The van der Waals surface area contributed by atoms with Crippen LogP contribution in [-0.2, 0) is 4.79 Å². The van der Waals surface area contributed by atoms with E-state index in [4.69, 9.17) is 9.47 Å². The summed E-state index contributed by atoms with van der Waals surface area (Å²) in [7, 11) is 0. The molecule has 0 aliphatic heterocycles. The minimum atomic E-state index is -0.451. The molecule has 3 rings (SSSR count). The van der Waals surface area contributed by atoms with Gasteiger partial charge < -0.3 is 9.47 Å². The fourth-order valence-corrected chi connectivity index (χ4v) is 3.60. The molecule has 0 unspecified atom stereocenters. The second-order valence-corrected chi connectivity index (χ2v) is 7.86. The van der Waals surface area contributed by atoms with Crippen molar-refractivity contribution in [2.45, 2.75) is 26.7 Å². The maximum atomic E-state index is 12.3. The lowest BCUT2D eigenvalue weighted by Crippen LogP contribution is -2.07. The number of non-ortho nitro benzene ring substituents is 1. The Hall–Kier alpha value is -3.72. The van der Waals surface area contributed by atoms with Gasteiger partial charge in [0.05, 0.1) is 23.8 Å². The van der Waals surface area contributed by atoms with Crippen molar-refractivity contribution >= 4 is 34.1 Å². The zero-order valence-corrected chi connectivity index (χ0v) is 19.3. The molecule has 33 heavy (non-hydrogen) atoms. The van der Waals surface area contributed by atoms with Gasteiger partial charge in [0.15, 0.2) is 16.6 Å². The first kappa shape index (κ1) is 23.9. The number of ether oxygens (including phenoxy) is 2. The van der Waals surface area contributed by atoms with Crippen LogP contribution in [0.2, 0.25) is 0 Å². The summed E-state index contributed by atoms with van der Waals surface area (Å²) in [5.74, 6) is 1.01. The van der Waals surface area contributed by atoms with Gasteiger partial charge in [0.2, 0.25) is 5.91 Å². The van der Waals surface area contributed by atoms with Crippen LogP contribution in [0.1, 0.15) is 32.3 Å². The third kappa shape index (κ3) is 6.88. The standard InChI is InChI=1S/C24H25N3O5S/c1-3-5-14-32-21-12-6-17(15-22(21)31-4-2)7-13-23(28)26-24-25-20(16-33-24)18-8-10-19(11-9-18)27(29)30/h6-13,15-16H,3-5,14H2,1-2H3,(H,25,26,28)/b13-7+. The van der Waals surface area contributed by atoms with Crippen LogP contribution < -0.4 is 14.8 Å². The van der Waals surface area contributed by atoms with Gasteiger partial charge in [0.25, 0.3) is 5.69 Å². The van der Waals surface area contributed by atoms with Crippen LogP contribution >= 0.6 is 11.3 Å². The monoisotopic (exact) mass is 467 g/mol. The van der Waals surface area contributed by atoms with Gasteiger partial charge in [-0.05, 0) is 49.2 Å². The molecule has 1 N–H and O–H groups in total. The molecule has 172 valence electrons. The number of benzene rings is 2. The van der Waals surface area contributed by atoms with E-state index in [9.17, 15) is 14.9 Å². The number of nitro benzene ring substituents is 1. The summed E-state index contributed by atoms with van der Waals surface area (Å²) in [4.78, 5) is 27.1. The van der Waals surface area contributed by atoms with Gasteiger partial charge in [-0.2, -0.15) is 0 Å². The van der Waals surface area contributed by atoms with E-state index >= 15 is 0 Å². The van der Waals surface area contributed by atoms with Crippen molar-refractivity contribution in [2.75, 3.05) is 18.5 Å². The Balaban J connectivity index is 1.63. The van der Waals surface area contributed by atoms with Gasteiger partial charge in [-0.25, -0.2) is 4.98 Å². The Bertz CT molecular complexity index is 1130. The number of nitrogens with zero attached hydrogens (tertiary/aromatic N) is 2. The first-order chi connectivity index (χ1) is 16.0. The number of amides is 1. The van der Waals surface area contributed by atoms with Crippen LogP contribution in [0.3, 0.4) is 0 Å². The lowest BCUT2D eigenvalue weighted by Gasteiger charge is -2.12. The van der Waals surface area contributed by atoms with Crippen LogP contribution in [0.25, 0.3) is 17.3 Å². The zero-order chi connectivity index (χ0) is 23.6. The Morgan fingerprint density at radius 3 is 2.64 bits per heavy atom. The Labute approximate surface area is 196 Å². The van der Waals surface area contributed by atoms with Crippen molar-refractivity contribution in [1.82, 2.24) is 4.98 Å². The SMILES string of the molecule is CCCCOc1ccc(/C=C/C(=O)Nc2nc(-c3ccc([N+](=O)[O-])cc3)cs2)cc1OCC. The van der Waals surface area contributed by atoms with Crippen LogP contribution in [0.5, 0.6) is 11.5 Å². The van der Waals surface area contributed by atoms with E-state index in [0.717, 1.165) is 24.0 Å². The molecule has 0 saturated heterocycles. The fourth-order valence-electron chi connectivity index (χ4n) is 2.88. The van der Waals surface area contributed by atoms with E-state index in [2.05, 4.69) is 17.2 Å². The molecule has 0 spiro atoms. The third-order valence-corrected chi connectivity index (χ3v) is 5.32. The maximum Gasteiger partial charge on any atom is 0.269 e. The number of hydrogen-bond acceptors (Lipinski definition) is 7. The number of carbonyl (C=O) groups excluding carboxylic acids is 1. The molecule has 0 fully saturated rings. The highest BCUT2D eigenvalue weighted by molar-refractivity contribution is 7.14. The molecule has 0 atom stereocenters. The molecule has 0 aliphatic carbocycles. The van der Waals surface area contributed by atoms with Gasteiger partial charge in [0.1, 0.15) is 0 Å². The minimum Gasteiger partial charge on any atom is -0.490 e. The molecule has 8 nitrogen and oxygen atoms in total. The average molecular weight is 468 g/mol. The van der Waals surface area contributed by atoms with Crippen LogP contribution in [-0.4, -0.2) is 29.0 Å². The number of rotatable bonds is 11. The lowest BCUT2D eigenvalue weighted by molar-refractivity contribution is -0.384. The molecule has 0 radical (unpaired) electrons.